The molecule has 4 nitrogen and oxygen atoms in total. The molecule has 1 heterocycles. The number of hydrogen-bond donors (Lipinski definition) is 2. The average Bonchev–Trinajstić information content (AvgIpc) is 2.29. The van der Waals surface area contributed by atoms with Gasteiger partial charge in [0.05, 0.1) is 6.10 Å². The summed E-state index contributed by atoms with van der Waals surface area (Å²) in [5, 5.41) is 12.7. The highest BCUT2D eigenvalue weighted by molar-refractivity contribution is 5.87. The topological polar surface area (TPSA) is 58.6 Å². The fourth-order valence-electron chi connectivity index (χ4n) is 2.63. The molecule has 1 amide bonds. The molecule has 1 aliphatic carbocycles. The van der Waals surface area contributed by atoms with Gasteiger partial charge >= 0.3 is 0 Å². The molecule has 2 fully saturated rings. The number of aliphatic hydroxyl groups is 1. The quantitative estimate of drug-likeness (QED) is 0.642. The molecule has 0 aromatic heterocycles. The van der Waals surface area contributed by atoms with Crippen molar-refractivity contribution >= 4 is 5.91 Å². The normalized spacial score (nSPS) is 33.1. The molecule has 2 rings (SSSR count). The van der Waals surface area contributed by atoms with Gasteiger partial charge in [-0.15, -0.1) is 0 Å². The fraction of sp³-hybridized carbons (Fsp3) is 0.727. The number of rotatable bonds is 2. The molecular weight excluding hydrogens is 194 g/mol. The van der Waals surface area contributed by atoms with Crippen LogP contribution < -0.4 is 5.32 Å². The van der Waals surface area contributed by atoms with Gasteiger partial charge in [0.1, 0.15) is 0 Å². The Balaban J connectivity index is 2.01. The molecule has 2 aliphatic rings. The van der Waals surface area contributed by atoms with Crippen LogP contribution in [0.3, 0.4) is 0 Å². The van der Waals surface area contributed by atoms with Gasteiger partial charge in [0.2, 0.25) is 5.91 Å². The zero-order valence-electron chi connectivity index (χ0n) is 8.74. The lowest BCUT2D eigenvalue weighted by Gasteiger charge is -2.55. The second-order valence-corrected chi connectivity index (χ2v) is 4.36. The predicted molar refractivity (Wildman–Crippen MR) is 55.2 cm³/mol. The first kappa shape index (κ1) is 10.6. The lowest BCUT2D eigenvalue weighted by atomic mass is 9.58. The highest BCUT2D eigenvalue weighted by atomic mass is 16.5. The molecule has 1 spiro atoms. The predicted octanol–water partition coefficient (Wildman–Crippen LogP) is 0.219. The first-order valence-electron chi connectivity index (χ1n) is 5.38. The molecule has 0 aromatic carbocycles. The first-order valence-corrected chi connectivity index (χ1v) is 5.38. The lowest BCUT2D eigenvalue weighted by molar-refractivity contribution is -0.154. The van der Waals surface area contributed by atoms with E-state index in [-0.39, 0.29) is 23.5 Å². The smallest absolute Gasteiger partial charge is 0.243 e. The molecule has 1 saturated heterocycles. The van der Waals surface area contributed by atoms with E-state index >= 15 is 0 Å². The third-order valence-electron chi connectivity index (χ3n) is 3.74. The number of hydrogen-bond acceptors (Lipinski definition) is 3. The molecule has 2 unspecified atom stereocenters. The maximum atomic E-state index is 11.2. The number of amides is 1. The Morgan fingerprint density at radius 1 is 1.53 bits per heavy atom. The number of ether oxygens (including phenoxy) is 1. The van der Waals surface area contributed by atoms with Gasteiger partial charge < -0.3 is 15.2 Å². The van der Waals surface area contributed by atoms with E-state index in [2.05, 4.69) is 11.9 Å². The van der Waals surface area contributed by atoms with Crippen LogP contribution >= 0.6 is 0 Å². The Morgan fingerprint density at radius 3 is 2.73 bits per heavy atom. The van der Waals surface area contributed by atoms with Crippen molar-refractivity contribution in [3.8, 4) is 0 Å². The standard InChI is InChI=1S/C11H17NO3/c1-2-10(14)12-8-7-9(13)11(8)3-5-15-6-4-11/h2,8-9,13H,1,3-7H2,(H,12,14). The summed E-state index contributed by atoms with van der Waals surface area (Å²) in [4.78, 5) is 11.2. The summed E-state index contributed by atoms with van der Waals surface area (Å²) >= 11 is 0. The Bertz CT molecular complexity index is 271. The monoisotopic (exact) mass is 211 g/mol. The largest absolute Gasteiger partial charge is 0.392 e. The van der Waals surface area contributed by atoms with Crippen LogP contribution in [0.2, 0.25) is 0 Å². The van der Waals surface area contributed by atoms with Crippen molar-refractivity contribution in [3.05, 3.63) is 12.7 Å². The van der Waals surface area contributed by atoms with Crippen LogP contribution in [0.4, 0.5) is 0 Å². The zero-order valence-corrected chi connectivity index (χ0v) is 8.74. The van der Waals surface area contributed by atoms with Crippen molar-refractivity contribution in [1.29, 1.82) is 0 Å². The number of aliphatic hydroxyl groups excluding tert-OH is 1. The minimum Gasteiger partial charge on any atom is -0.392 e. The Kier molecular flexibility index (Phi) is 2.80. The van der Waals surface area contributed by atoms with Crippen LogP contribution in [0.15, 0.2) is 12.7 Å². The van der Waals surface area contributed by atoms with Gasteiger partial charge in [0.15, 0.2) is 0 Å². The summed E-state index contributed by atoms with van der Waals surface area (Å²) in [6, 6.07) is 0.0851. The Morgan fingerprint density at radius 2 is 2.20 bits per heavy atom. The van der Waals surface area contributed by atoms with E-state index in [0.717, 1.165) is 12.8 Å². The molecule has 1 aliphatic heterocycles. The minimum atomic E-state index is -0.295. The third-order valence-corrected chi connectivity index (χ3v) is 3.74. The summed E-state index contributed by atoms with van der Waals surface area (Å²) in [6.45, 7) is 4.78. The minimum absolute atomic E-state index is 0.0851. The van der Waals surface area contributed by atoms with Gasteiger partial charge in [0.25, 0.3) is 0 Å². The van der Waals surface area contributed by atoms with Gasteiger partial charge in [-0.05, 0) is 25.3 Å². The summed E-state index contributed by atoms with van der Waals surface area (Å²) in [7, 11) is 0. The highest BCUT2D eigenvalue weighted by Gasteiger charge is 2.55. The maximum Gasteiger partial charge on any atom is 0.243 e. The van der Waals surface area contributed by atoms with E-state index in [0.29, 0.717) is 19.6 Å². The molecule has 0 radical (unpaired) electrons. The van der Waals surface area contributed by atoms with E-state index in [1.807, 2.05) is 0 Å². The second kappa shape index (κ2) is 3.94. The lowest BCUT2D eigenvalue weighted by Crippen LogP contribution is -2.65. The van der Waals surface area contributed by atoms with Gasteiger partial charge in [-0.3, -0.25) is 4.79 Å². The van der Waals surface area contributed by atoms with Gasteiger partial charge in [-0.1, -0.05) is 6.58 Å². The highest BCUT2D eigenvalue weighted by Crippen LogP contribution is 2.48. The van der Waals surface area contributed by atoms with Gasteiger partial charge in [-0.25, -0.2) is 0 Å². The number of carbonyl (C=O) groups excluding carboxylic acids is 1. The molecule has 1 saturated carbocycles. The van der Waals surface area contributed by atoms with Gasteiger partial charge in [-0.2, -0.15) is 0 Å². The molecule has 4 heteroatoms. The van der Waals surface area contributed by atoms with Crippen molar-refractivity contribution < 1.29 is 14.6 Å². The van der Waals surface area contributed by atoms with E-state index in [9.17, 15) is 9.90 Å². The Hall–Kier alpha value is -0.870. The van der Waals surface area contributed by atoms with E-state index in [1.165, 1.54) is 6.08 Å². The molecule has 2 atom stereocenters. The molecular formula is C11H17NO3. The van der Waals surface area contributed by atoms with Crippen molar-refractivity contribution in [1.82, 2.24) is 5.32 Å². The maximum absolute atomic E-state index is 11.2. The van der Waals surface area contributed by atoms with Crippen LogP contribution in [0, 0.1) is 5.41 Å². The SMILES string of the molecule is C=CC(=O)NC1CC(O)C12CCOCC2. The fourth-order valence-corrected chi connectivity index (χ4v) is 2.63. The van der Waals surface area contributed by atoms with Crippen molar-refractivity contribution in [3.63, 3.8) is 0 Å². The number of nitrogens with one attached hydrogen (secondary N) is 1. The van der Waals surface area contributed by atoms with Crippen LogP contribution in [-0.2, 0) is 9.53 Å². The van der Waals surface area contributed by atoms with E-state index in [4.69, 9.17) is 4.74 Å². The summed E-state index contributed by atoms with van der Waals surface area (Å²) in [5.41, 5.74) is -0.142. The third kappa shape index (κ3) is 1.68. The second-order valence-electron chi connectivity index (χ2n) is 4.36. The van der Waals surface area contributed by atoms with Crippen molar-refractivity contribution in [2.75, 3.05) is 13.2 Å². The van der Waals surface area contributed by atoms with Crippen molar-refractivity contribution in [2.45, 2.75) is 31.4 Å². The summed E-state index contributed by atoms with van der Waals surface area (Å²) in [5.74, 6) is -0.155. The van der Waals surface area contributed by atoms with E-state index in [1.54, 1.807) is 0 Å². The van der Waals surface area contributed by atoms with E-state index < -0.39 is 0 Å². The molecule has 0 bridgehead atoms. The van der Waals surface area contributed by atoms with Crippen LogP contribution in [0.5, 0.6) is 0 Å². The molecule has 15 heavy (non-hydrogen) atoms. The van der Waals surface area contributed by atoms with Crippen LogP contribution in [0.1, 0.15) is 19.3 Å². The average molecular weight is 211 g/mol. The summed E-state index contributed by atoms with van der Waals surface area (Å²) < 4.78 is 5.28. The first-order chi connectivity index (χ1) is 7.19. The number of carbonyl (C=O) groups is 1. The molecule has 2 N–H and O–H groups in total. The van der Waals surface area contributed by atoms with Crippen LogP contribution in [-0.4, -0.2) is 36.4 Å². The molecule has 0 aromatic rings. The van der Waals surface area contributed by atoms with Crippen molar-refractivity contribution in [2.24, 2.45) is 5.41 Å². The van der Waals surface area contributed by atoms with Gasteiger partial charge in [0, 0.05) is 24.7 Å². The van der Waals surface area contributed by atoms with Crippen LogP contribution in [0.25, 0.3) is 0 Å². The Labute approximate surface area is 89.3 Å². The summed E-state index contributed by atoms with van der Waals surface area (Å²) in [6.07, 6.45) is 3.29. The zero-order chi connectivity index (χ0) is 10.9. The molecule has 84 valence electrons.